The summed E-state index contributed by atoms with van der Waals surface area (Å²) in [6.45, 7) is 4.49. The average molecular weight is 857 g/mol. The molecule has 13 heteroatoms. The molecule has 0 bridgehead atoms. The normalized spacial score (nSPS) is 11.8. The summed E-state index contributed by atoms with van der Waals surface area (Å²) >= 11 is 0. The van der Waals surface area contributed by atoms with E-state index in [0.29, 0.717) is 12.8 Å². The molecule has 0 aromatic heterocycles. The van der Waals surface area contributed by atoms with E-state index in [-0.39, 0.29) is 94.1 Å². The second-order valence-corrected chi connectivity index (χ2v) is 16.2. The molecule has 1 amide bonds. The van der Waals surface area contributed by atoms with E-state index >= 15 is 0 Å². The maximum Gasteiger partial charge on any atom is 1.00 e. The van der Waals surface area contributed by atoms with Crippen molar-refractivity contribution in [2.75, 3.05) is 0 Å². The predicted molar refractivity (Wildman–Crippen MR) is 230 cm³/mol. The van der Waals surface area contributed by atoms with Crippen LogP contribution in [-0.4, -0.2) is 52.9 Å². The van der Waals surface area contributed by atoms with Gasteiger partial charge in [0.2, 0.25) is 5.91 Å². The summed E-state index contributed by atoms with van der Waals surface area (Å²) in [4.78, 5) is 72.6. The van der Waals surface area contributed by atoms with Crippen LogP contribution in [0.4, 0.5) is 0 Å². The van der Waals surface area contributed by atoms with Crippen molar-refractivity contribution < 1.29 is 105 Å². The molecule has 0 aliphatic carbocycles. The van der Waals surface area contributed by atoms with Gasteiger partial charge in [-0.1, -0.05) is 194 Å². The van der Waals surface area contributed by atoms with Gasteiger partial charge in [-0.3, -0.25) is 19.2 Å². The molecule has 0 rings (SSSR count). The van der Waals surface area contributed by atoms with Crippen LogP contribution < -0.4 is 70.2 Å². The van der Waals surface area contributed by atoms with Crippen LogP contribution in [0.25, 0.3) is 0 Å². The number of nitrogens with one attached hydrogen (secondary N) is 1. The molecule has 0 heterocycles. The Morgan fingerprint density at radius 1 is 0.458 bits per heavy atom. The van der Waals surface area contributed by atoms with Gasteiger partial charge in [0.05, 0.1) is 0 Å². The van der Waals surface area contributed by atoms with Crippen molar-refractivity contribution in [2.24, 2.45) is 5.73 Å². The van der Waals surface area contributed by atoms with E-state index in [1.165, 1.54) is 141 Å². The maximum absolute atomic E-state index is 12.3. The number of hydrogen-bond donors (Lipinski definition) is 3. The molecule has 0 aliphatic heterocycles. The average Bonchev–Trinajstić information content (AvgIpc) is 3.18. The first kappa shape index (κ1) is 62.5. The van der Waals surface area contributed by atoms with Gasteiger partial charge >= 0.3 is 89.0 Å². The van der Waals surface area contributed by atoms with Gasteiger partial charge in [0.25, 0.3) is 0 Å². The van der Waals surface area contributed by atoms with Gasteiger partial charge in [0.1, 0.15) is 12.1 Å². The molecule has 0 spiro atoms. The summed E-state index contributed by atoms with van der Waals surface area (Å²) in [6.07, 6.45) is 35.5. The van der Waals surface area contributed by atoms with Crippen LogP contribution in [-0.2, 0) is 38.2 Å². The number of esters is 4. The third kappa shape index (κ3) is 43.6. The summed E-state index contributed by atoms with van der Waals surface area (Å²) in [5, 5.41) is 12.0. The van der Waals surface area contributed by atoms with E-state index in [1.807, 2.05) is 0 Å². The number of carboxylic acid groups (broad SMARTS) is 1. The summed E-state index contributed by atoms with van der Waals surface area (Å²) in [5.41, 5.74) is 5.77. The fourth-order valence-electron chi connectivity index (χ4n) is 6.94. The second kappa shape index (κ2) is 46.7. The number of nitrogens with two attached hydrogens (primary N) is 1. The minimum atomic E-state index is -1.31. The zero-order chi connectivity index (χ0) is 42.2. The van der Waals surface area contributed by atoms with Gasteiger partial charge < -0.3 is 28.5 Å². The standard InChI is InChI=1S/C46H84N2O9.2Na.2H/c1-3-5-7-9-11-13-15-17-19-21-23-25-27-29-31-33-41(49)48-40(45(53)54)36-38-44(52)57-46(55)39(47)35-37-43(51)56-42(50)34-32-30-28-26-24-22-20-18-16-14-12-10-8-6-4-2;;;;/h39-40H,3-38,47H2,1-2H3,(H,48,49)(H,53,54);;;;/q;2*+1;2*-1/t39-,40-;;;;/m1..../s1. The van der Waals surface area contributed by atoms with Crippen LogP contribution in [0.5, 0.6) is 0 Å². The Morgan fingerprint density at radius 3 is 1.14 bits per heavy atom. The van der Waals surface area contributed by atoms with Crippen molar-refractivity contribution in [3.8, 4) is 0 Å². The number of carbonyl (C=O) groups is 6. The van der Waals surface area contributed by atoms with Crippen LogP contribution in [0.2, 0.25) is 0 Å². The first-order valence-electron chi connectivity index (χ1n) is 23.4. The Morgan fingerprint density at radius 2 is 0.763 bits per heavy atom. The summed E-state index contributed by atoms with van der Waals surface area (Å²) in [5.74, 6) is -5.16. The van der Waals surface area contributed by atoms with Crippen molar-refractivity contribution in [1.29, 1.82) is 0 Å². The molecule has 0 radical (unpaired) electrons. The fourth-order valence-corrected chi connectivity index (χ4v) is 6.94. The number of rotatable bonds is 41. The van der Waals surface area contributed by atoms with Gasteiger partial charge in [0.15, 0.2) is 0 Å². The van der Waals surface area contributed by atoms with Crippen LogP contribution >= 0.6 is 0 Å². The zero-order valence-corrected chi connectivity index (χ0v) is 42.4. The third-order valence-corrected chi connectivity index (χ3v) is 10.7. The topological polar surface area (TPSA) is 179 Å². The van der Waals surface area contributed by atoms with Crippen LogP contribution in [0.15, 0.2) is 0 Å². The summed E-state index contributed by atoms with van der Waals surface area (Å²) in [6, 6.07) is -2.61. The molecule has 0 saturated carbocycles. The molecular weight excluding hydrogens is 770 g/mol. The summed E-state index contributed by atoms with van der Waals surface area (Å²) < 4.78 is 9.56. The van der Waals surface area contributed by atoms with E-state index in [0.717, 1.165) is 38.5 Å². The van der Waals surface area contributed by atoms with Gasteiger partial charge in [-0.15, -0.1) is 0 Å². The molecular formula is C46H86N2Na2O9. The van der Waals surface area contributed by atoms with Crippen LogP contribution in [0, 0.1) is 0 Å². The maximum atomic E-state index is 12.3. The molecule has 4 N–H and O–H groups in total. The molecule has 0 aromatic rings. The predicted octanol–water partition coefficient (Wildman–Crippen LogP) is 5.34. The van der Waals surface area contributed by atoms with Crippen molar-refractivity contribution in [2.45, 2.75) is 257 Å². The van der Waals surface area contributed by atoms with Crippen molar-refractivity contribution >= 4 is 35.8 Å². The van der Waals surface area contributed by atoms with Gasteiger partial charge in [0, 0.05) is 25.7 Å². The van der Waals surface area contributed by atoms with Crippen LogP contribution in [0.1, 0.15) is 248 Å². The smallest absolute Gasteiger partial charge is 1.00 e. The van der Waals surface area contributed by atoms with Gasteiger partial charge in [-0.05, 0) is 25.7 Å². The van der Waals surface area contributed by atoms with E-state index in [1.54, 1.807) is 0 Å². The van der Waals surface area contributed by atoms with Crippen molar-refractivity contribution in [3.05, 3.63) is 0 Å². The van der Waals surface area contributed by atoms with Crippen LogP contribution in [0.3, 0.4) is 0 Å². The second-order valence-electron chi connectivity index (χ2n) is 16.2. The zero-order valence-electron chi connectivity index (χ0n) is 40.4. The minimum absolute atomic E-state index is 0. The first-order valence-corrected chi connectivity index (χ1v) is 23.4. The van der Waals surface area contributed by atoms with E-state index in [2.05, 4.69) is 19.2 Å². The number of amides is 1. The molecule has 336 valence electrons. The van der Waals surface area contributed by atoms with Crippen molar-refractivity contribution in [3.63, 3.8) is 0 Å². The first-order chi connectivity index (χ1) is 27.6. The van der Waals surface area contributed by atoms with E-state index in [4.69, 9.17) is 15.2 Å². The van der Waals surface area contributed by atoms with E-state index < -0.39 is 54.3 Å². The number of carbonyl (C=O) groups excluding carboxylic acids is 5. The third-order valence-electron chi connectivity index (χ3n) is 10.7. The quantitative estimate of drug-likeness (QED) is 0.0315. The number of ether oxygens (including phenoxy) is 2. The van der Waals surface area contributed by atoms with E-state index in [9.17, 15) is 33.9 Å². The number of hydrogen-bond acceptors (Lipinski definition) is 9. The largest absolute Gasteiger partial charge is 1.00 e. The molecule has 0 saturated heterocycles. The SMILES string of the molecule is CCCCCCCCCCCCCCCCCC(=O)N[C@H](CCC(=O)OC(=O)[C@H](N)CCC(=O)OC(=O)CCCCCCCCCCCCCCCCC)C(=O)O.[H-].[H-].[Na+].[Na+]. The summed E-state index contributed by atoms with van der Waals surface area (Å²) in [7, 11) is 0. The Labute approximate surface area is 406 Å². The van der Waals surface area contributed by atoms with Crippen molar-refractivity contribution in [1.82, 2.24) is 5.32 Å². The molecule has 0 fully saturated rings. The Kier molecular flexibility index (Phi) is 49.4. The number of aliphatic carboxylic acids is 1. The molecule has 59 heavy (non-hydrogen) atoms. The number of carboxylic acids is 1. The fraction of sp³-hybridized carbons (Fsp3) is 0.870. The molecule has 0 unspecified atom stereocenters. The monoisotopic (exact) mass is 857 g/mol. The van der Waals surface area contributed by atoms with Gasteiger partial charge in [-0.25, -0.2) is 9.59 Å². The molecule has 2 atom stereocenters. The molecule has 11 nitrogen and oxygen atoms in total. The minimum Gasteiger partial charge on any atom is -1.00 e. The Balaban J connectivity index is -0.00000261. The number of unbranched alkanes of at least 4 members (excludes halogenated alkanes) is 28. The van der Waals surface area contributed by atoms with Gasteiger partial charge in [-0.2, -0.15) is 0 Å². The Bertz CT molecular complexity index is 1080. The molecule has 0 aliphatic rings. The molecule has 0 aromatic carbocycles. The Hall–Kier alpha value is -0.820.